The highest BCUT2D eigenvalue weighted by Gasteiger charge is 2.29. The summed E-state index contributed by atoms with van der Waals surface area (Å²) in [4.78, 5) is 18.0. The van der Waals surface area contributed by atoms with E-state index in [0.29, 0.717) is 0 Å². The minimum absolute atomic E-state index is 0.0349. The third kappa shape index (κ3) is 1.89. The number of thiophene rings is 1. The Morgan fingerprint density at radius 2 is 2.33 bits per heavy atom. The molecule has 0 spiro atoms. The van der Waals surface area contributed by atoms with Gasteiger partial charge in [-0.25, -0.2) is 0 Å². The Balaban J connectivity index is 2.00. The van der Waals surface area contributed by atoms with Crippen molar-refractivity contribution in [3.8, 4) is 0 Å². The first-order chi connectivity index (χ1) is 8.77. The lowest BCUT2D eigenvalue weighted by Gasteiger charge is -2.22. The van der Waals surface area contributed by atoms with E-state index in [4.69, 9.17) is 0 Å². The molecule has 0 bridgehead atoms. The molecule has 0 saturated heterocycles. The molecule has 3 heteroatoms. The fourth-order valence-corrected chi connectivity index (χ4v) is 3.57. The molecule has 92 valence electrons. The van der Waals surface area contributed by atoms with Crippen molar-refractivity contribution < 1.29 is 4.79 Å². The van der Waals surface area contributed by atoms with Gasteiger partial charge in [0, 0.05) is 6.20 Å². The largest absolute Gasteiger partial charge is 0.293 e. The fourth-order valence-electron chi connectivity index (χ4n) is 2.65. The minimum Gasteiger partial charge on any atom is -0.293 e. The molecule has 0 fully saturated rings. The Hall–Kier alpha value is -1.48. The molecule has 3 rings (SSSR count). The maximum Gasteiger partial charge on any atom is 0.182 e. The maximum absolute atomic E-state index is 12.6. The fraction of sp³-hybridized carbons (Fsp3) is 0.333. The molecule has 2 aromatic heterocycles. The molecule has 1 aliphatic rings. The summed E-state index contributed by atoms with van der Waals surface area (Å²) in [6.45, 7) is 2.01. The second-order valence-electron chi connectivity index (χ2n) is 4.79. The Labute approximate surface area is 111 Å². The van der Waals surface area contributed by atoms with Crippen LogP contribution in [0.1, 0.15) is 45.3 Å². The summed E-state index contributed by atoms with van der Waals surface area (Å²) < 4.78 is 0. The van der Waals surface area contributed by atoms with E-state index in [1.807, 2.05) is 24.4 Å². The highest BCUT2D eigenvalue weighted by Crippen LogP contribution is 2.34. The van der Waals surface area contributed by atoms with Crippen molar-refractivity contribution in [3.05, 3.63) is 51.5 Å². The Morgan fingerprint density at radius 1 is 1.44 bits per heavy atom. The van der Waals surface area contributed by atoms with E-state index in [-0.39, 0.29) is 11.7 Å². The van der Waals surface area contributed by atoms with Crippen molar-refractivity contribution in [1.82, 2.24) is 4.98 Å². The zero-order valence-electron chi connectivity index (χ0n) is 10.3. The number of aromatic nitrogens is 1. The number of hydrogen-bond donors (Lipinski definition) is 0. The van der Waals surface area contributed by atoms with E-state index < -0.39 is 0 Å². The van der Waals surface area contributed by atoms with Crippen LogP contribution >= 0.6 is 11.3 Å². The van der Waals surface area contributed by atoms with E-state index >= 15 is 0 Å². The Morgan fingerprint density at radius 3 is 3.11 bits per heavy atom. The van der Waals surface area contributed by atoms with Gasteiger partial charge in [-0.15, -0.1) is 11.3 Å². The average molecular weight is 257 g/mol. The van der Waals surface area contributed by atoms with Crippen molar-refractivity contribution in [2.75, 3.05) is 0 Å². The topological polar surface area (TPSA) is 30.0 Å². The lowest BCUT2D eigenvalue weighted by Crippen LogP contribution is -2.19. The number of pyridine rings is 1. The zero-order valence-corrected chi connectivity index (χ0v) is 11.2. The molecule has 1 atom stereocenters. The van der Waals surface area contributed by atoms with Crippen molar-refractivity contribution in [3.63, 3.8) is 0 Å². The standard InChI is InChI=1S/C15H15NOS/c1-10-7-9-18-15(10)14(17)12-6-2-4-11-5-3-8-16-13(11)12/h3,5,7-9,12H,2,4,6H2,1H3. The SMILES string of the molecule is Cc1ccsc1C(=O)C1CCCc2cccnc21. The number of fused-ring (bicyclic) bond motifs is 1. The van der Waals surface area contributed by atoms with Gasteiger partial charge in [-0.05, 0) is 54.8 Å². The van der Waals surface area contributed by atoms with Crippen LogP contribution in [-0.4, -0.2) is 10.8 Å². The number of hydrogen-bond acceptors (Lipinski definition) is 3. The lowest BCUT2D eigenvalue weighted by molar-refractivity contribution is 0.0952. The molecule has 0 amide bonds. The number of carbonyl (C=O) groups excluding carboxylic acids is 1. The van der Waals surface area contributed by atoms with Crippen molar-refractivity contribution >= 4 is 17.1 Å². The average Bonchev–Trinajstić information content (AvgIpc) is 2.83. The van der Waals surface area contributed by atoms with Crippen LogP contribution in [0.15, 0.2) is 29.8 Å². The number of nitrogens with zero attached hydrogens (tertiary/aromatic N) is 1. The van der Waals surface area contributed by atoms with Gasteiger partial charge >= 0.3 is 0 Å². The van der Waals surface area contributed by atoms with Gasteiger partial charge in [-0.1, -0.05) is 6.07 Å². The van der Waals surface area contributed by atoms with Gasteiger partial charge in [0.05, 0.1) is 16.5 Å². The van der Waals surface area contributed by atoms with Crippen LogP contribution < -0.4 is 0 Å². The van der Waals surface area contributed by atoms with Gasteiger partial charge in [0.2, 0.25) is 0 Å². The molecular formula is C15H15NOS. The van der Waals surface area contributed by atoms with Crippen LogP contribution in [0.25, 0.3) is 0 Å². The van der Waals surface area contributed by atoms with Crippen molar-refractivity contribution in [1.29, 1.82) is 0 Å². The third-order valence-corrected chi connectivity index (χ3v) is 4.63. The van der Waals surface area contributed by atoms with Crippen LogP contribution in [0.5, 0.6) is 0 Å². The molecule has 2 nitrogen and oxygen atoms in total. The van der Waals surface area contributed by atoms with E-state index in [0.717, 1.165) is 35.4 Å². The smallest absolute Gasteiger partial charge is 0.182 e. The molecule has 18 heavy (non-hydrogen) atoms. The Bertz CT molecular complexity index is 588. The highest BCUT2D eigenvalue weighted by molar-refractivity contribution is 7.12. The number of aryl methyl sites for hydroxylation is 2. The van der Waals surface area contributed by atoms with Crippen LogP contribution in [-0.2, 0) is 6.42 Å². The molecular weight excluding hydrogens is 242 g/mol. The quantitative estimate of drug-likeness (QED) is 0.767. The summed E-state index contributed by atoms with van der Waals surface area (Å²) in [5.41, 5.74) is 3.34. The molecule has 0 saturated carbocycles. The second-order valence-corrected chi connectivity index (χ2v) is 5.71. The van der Waals surface area contributed by atoms with Gasteiger partial charge in [-0.2, -0.15) is 0 Å². The second kappa shape index (κ2) is 4.65. The van der Waals surface area contributed by atoms with Gasteiger partial charge in [0.15, 0.2) is 5.78 Å². The van der Waals surface area contributed by atoms with Crippen LogP contribution in [0.3, 0.4) is 0 Å². The first-order valence-electron chi connectivity index (χ1n) is 6.29. The summed E-state index contributed by atoms with van der Waals surface area (Å²) in [6.07, 6.45) is 4.86. The summed E-state index contributed by atoms with van der Waals surface area (Å²) in [5.74, 6) is 0.217. The predicted molar refractivity (Wildman–Crippen MR) is 73.3 cm³/mol. The van der Waals surface area contributed by atoms with Crippen molar-refractivity contribution in [2.45, 2.75) is 32.1 Å². The summed E-state index contributed by atoms with van der Waals surface area (Å²) in [5, 5.41) is 1.99. The van der Waals surface area contributed by atoms with Crippen LogP contribution in [0, 0.1) is 6.92 Å². The molecule has 1 aliphatic carbocycles. The molecule has 1 unspecified atom stereocenters. The molecule has 0 radical (unpaired) electrons. The maximum atomic E-state index is 12.6. The molecule has 0 aliphatic heterocycles. The zero-order chi connectivity index (χ0) is 12.5. The van der Waals surface area contributed by atoms with E-state index in [1.165, 1.54) is 5.56 Å². The number of carbonyl (C=O) groups is 1. The summed E-state index contributed by atoms with van der Waals surface area (Å²) in [7, 11) is 0. The lowest BCUT2D eigenvalue weighted by atomic mass is 9.83. The van der Waals surface area contributed by atoms with Gasteiger partial charge in [-0.3, -0.25) is 9.78 Å². The first kappa shape index (κ1) is 11.6. The number of ketones is 1. The third-order valence-electron chi connectivity index (χ3n) is 3.60. The monoisotopic (exact) mass is 257 g/mol. The predicted octanol–water partition coefficient (Wildman–Crippen LogP) is 3.75. The van der Waals surface area contributed by atoms with E-state index in [2.05, 4.69) is 11.1 Å². The van der Waals surface area contributed by atoms with Gasteiger partial charge in [0.25, 0.3) is 0 Å². The Kier molecular flexibility index (Phi) is 3.00. The minimum atomic E-state index is -0.0349. The molecule has 2 heterocycles. The summed E-state index contributed by atoms with van der Waals surface area (Å²) in [6, 6.07) is 6.07. The first-order valence-corrected chi connectivity index (χ1v) is 7.17. The summed E-state index contributed by atoms with van der Waals surface area (Å²) >= 11 is 1.55. The number of rotatable bonds is 2. The van der Waals surface area contributed by atoms with Crippen molar-refractivity contribution in [2.24, 2.45) is 0 Å². The normalized spacial score (nSPS) is 18.4. The van der Waals surface area contributed by atoms with E-state index in [1.54, 1.807) is 17.5 Å². The highest BCUT2D eigenvalue weighted by atomic mass is 32.1. The van der Waals surface area contributed by atoms with Gasteiger partial charge < -0.3 is 0 Å². The number of Topliss-reactive ketones (excluding diaryl/α,β-unsaturated/α-hetero) is 1. The molecule has 2 aromatic rings. The van der Waals surface area contributed by atoms with Crippen LogP contribution in [0.4, 0.5) is 0 Å². The molecule has 0 aromatic carbocycles. The van der Waals surface area contributed by atoms with E-state index in [9.17, 15) is 4.79 Å². The molecule has 0 N–H and O–H groups in total. The van der Waals surface area contributed by atoms with Crippen LogP contribution in [0.2, 0.25) is 0 Å². The van der Waals surface area contributed by atoms with Gasteiger partial charge in [0.1, 0.15) is 0 Å².